The molecule has 5 nitrogen and oxygen atoms in total. The third-order valence-electron chi connectivity index (χ3n) is 2.27. The fraction of sp³-hybridized carbons (Fsp3) is 0.455. The van der Waals surface area contributed by atoms with Crippen LogP contribution in [0.25, 0.3) is 0 Å². The van der Waals surface area contributed by atoms with Crippen molar-refractivity contribution in [3.8, 4) is 0 Å². The first-order valence-corrected chi connectivity index (χ1v) is 8.21. The van der Waals surface area contributed by atoms with E-state index < -0.39 is 15.6 Å². The lowest BCUT2D eigenvalue weighted by atomic mass is 10.1. The van der Waals surface area contributed by atoms with Gasteiger partial charge in [-0.1, -0.05) is 6.07 Å². The maximum absolute atomic E-state index is 12.0. The van der Waals surface area contributed by atoms with Crippen LogP contribution in [0.4, 0.5) is 5.69 Å². The van der Waals surface area contributed by atoms with E-state index in [-0.39, 0.29) is 11.4 Å². The van der Waals surface area contributed by atoms with Crippen LogP contribution in [0.3, 0.4) is 0 Å². The molecule has 18 heavy (non-hydrogen) atoms. The number of nitrogen functional groups attached to an aromatic ring is 1. The Morgan fingerprint density at radius 2 is 2.17 bits per heavy atom. The first kappa shape index (κ1) is 15.3. The van der Waals surface area contributed by atoms with Crippen LogP contribution in [-0.4, -0.2) is 37.7 Å². The molecule has 1 atom stereocenters. The molecule has 1 rings (SSSR count). The molecule has 0 heterocycles. The molecule has 0 aromatic heterocycles. The minimum Gasteiger partial charge on any atom is -0.399 e. The third-order valence-corrected chi connectivity index (χ3v) is 4.58. The topological polar surface area (TPSA) is 92.4 Å². The maximum Gasteiger partial charge on any atom is 0.240 e. The van der Waals surface area contributed by atoms with Crippen molar-refractivity contribution in [3.05, 3.63) is 24.3 Å². The van der Waals surface area contributed by atoms with E-state index >= 15 is 0 Å². The molecule has 1 unspecified atom stereocenters. The van der Waals surface area contributed by atoms with Crippen molar-refractivity contribution in [2.75, 3.05) is 24.3 Å². The fourth-order valence-corrected chi connectivity index (χ4v) is 3.32. The van der Waals surface area contributed by atoms with Crippen LogP contribution >= 0.6 is 11.8 Å². The molecule has 4 N–H and O–H groups in total. The number of rotatable bonds is 6. The average Bonchev–Trinajstić information content (AvgIpc) is 2.27. The molecule has 0 saturated carbocycles. The zero-order valence-corrected chi connectivity index (χ0v) is 12.0. The van der Waals surface area contributed by atoms with E-state index in [0.717, 1.165) is 0 Å². The summed E-state index contributed by atoms with van der Waals surface area (Å²) in [5.41, 5.74) is 4.85. The molecule has 102 valence electrons. The number of sulfonamides is 1. The van der Waals surface area contributed by atoms with Gasteiger partial charge in [-0.3, -0.25) is 0 Å². The van der Waals surface area contributed by atoms with Gasteiger partial charge in [0.05, 0.1) is 10.5 Å². The van der Waals surface area contributed by atoms with Gasteiger partial charge in [0.25, 0.3) is 0 Å². The van der Waals surface area contributed by atoms with E-state index in [1.165, 1.54) is 23.9 Å². The number of hydrogen-bond donors (Lipinski definition) is 3. The van der Waals surface area contributed by atoms with Crippen molar-refractivity contribution in [1.82, 2.24) is 4.72 Å². The first-order valence-electron chi connectivity index (χ1n) is 5.33. The predicted octanol–water partition coefficient (Wildman–Crippen LogP) is 0.661. The normalized spacial score (nSPS) is 15.3. The Kier molecular flexibility index (Phi) is 5.03. The number of nitrogens with two attached hydrogens (primary N) is 1. The Labute approximate surface area is 112 Å². The lowest BCUT2D eigenvalue weighted by Gasteiger charge is -2.22. The monoisotopic (exact) mass is 290 g/mol. The molecule has 0 fully saturated rings. The van der Waals surface area contributed by atoms with Crippen molar-refractivity contribution in [3.63, 3.8) is 0 Å². The minimum absolute atomic E-state index is 0.0367. The molecule has 0 radical (unpaired) electrons. The summed E-state index contributed by atoms with van der Waals surface area (Å²) < 4.78 is 26.3. The van der Waals surface area contributed by atoms with Crippen molar-refractivity contribution in [1.29, 1.82) is 0 Å². The highest BCUT2D eigenvalue weighted by atomic mass is 32.2. The highest BCUT2D eigenvalue weighted by Crippen LogP contribution is 2.14. The molecule has 0 spiro atoms. The zero-order chi connectivity index (χ0) is 13.8. The fourth-order valence-electron chi connectivity index (χ4n) is 1.38. The SMILES string of the molecule is CSCC(C)(O)CNS(=O)(=O)c1cccc(N)c1. The summed E-state index contributed by atoms with van der Waals surface area (Å²) in [7, 11) is -3.63. The van der Waals surface area contributed by atoms with Crippen LogP contribution < -0.4 is 10.5 Å². The second kappa shape index (κ2) is 5.92. The molecule has 0 saturated heterocycles. The van der Waals surface area contributed by atoms with E-state index in [1.807, 2.05) is 6.26 Å². The van der Waals surface area contributed by atoms with Crippen LogP contribution in [0.2, 0.25) is 0 Å². The van der Waals surface area contributed by atoms with Crippen molar-refractivity contribution in [2.24, 2.45) is 0 Å². The summed E-state index contributed by atoms with van der Waals surface area (Å²) in [6.07, 6.45) is 1.85. The van der Waals surface area contributed by atoms with E-state index in [0.29, 0.717) is 11.4 Å². The smallest absolute Gasteiger partial charge is 0.240 e. The summed E-state index contributed by atoms with van der Waals surface area (Å²) in [5, 5.41) is 9.91. The van der Waals surface area contributed by atoms with Crippen LogP contribution in [0.15, 0.2) is 29.2 Å². The van der Waals surface area contributed by atoms with Gasteiger partial charge < -0.3 is 10.8 Å². The quantitative estimate of drug-likeness (QED) is 0.669. The van der Waals surface area contributed by atoms with E-state index in [4.69, 9.17) is 5.73 Å². The number of hydrogen-bond acceptors (Lipinski definition) is 5. The van der Waals surface area contributed by atoms with Crippen molar-refractivity contribution in [2.45, 2.75) is 17.4 Å². The summed E-state index contributed by atoms with van der Waals surface area (Å²) in [5.74, 6) is 0.451. The van der Waals surface area contributed by atoms with Gasteiger partial charge in [-0.05, 0) is 31.4 Å². The highest BCUT2D eigenvalue weighted by Gasteiger charge is 2.23. The number of benzene rings is 1. The van der Waals surface area contributed by atoms with E-state index in [2.05, 4.69) is 4.72 Å². The molecule has 0 aliphatic carbocycles. The zero-order valence-electron chi connectivity index (χ0n) is 10.4. The van der Waals surface area contributed by atoms with Gasteiger partial charge in [0.1, 0.15) is 0 Å². The molecule has 0 bridgehead atoms. The summed E-state index contributed by atoms with van der Waals surface area (Å²) in [4.78, 5) is 0.0995. The van der Waals surface area contributed by atoms with Gasteiger partial charge in [-0.15, -0.1) is 0 Å². The number of thioether (sulfide) groups is 1. The number of aliphatic hydroxyl groups is 1. The van der Waals surface area contributed by atoms with Crippen LogP contribution in [0.1, 0.15) is 6.92 Å². The average molecular weight is 290 g/mol. The Bertz CT molecular complexity index is 501. The predicted molar refractivity (Wildman–Crippen MR) is 75.0 cm³/mol. The standard InChI is InChI=1S/C11H18N2O3S2/c1-11(14,8-17-2)7-13-18(15,16)10-5-3-4-9(12)6-10/h3-6,13-14H,7-8,12H2,1-2H3. The van der Waals surface area contributed by atoms with Crippen LogP contribution in [0.5, 0.6) is 0 Å². The maximum atomic E-state index is 12.0. The molecule has 1 aromatic carbocycles. The molecule has 0 aliphatic rings. The Balaban J connectivity index is 2.78. The van der Waals surface area contributed by atoms with Gasteiger partial charge in [-0.25, -0.2) is 13.1 Å². The van der Waals surface area contributed by atoms with Gasteiger partial charge in [0, 0.05) is 18.0 Å². The summed E-state index contributed by atoms with van der Waals surface area (Å²) in [6, 6.07) is 6.03. The Morgan fingerprint density at radius 3 is 2.72 bits per heavy atom. The molecule has 0 amide bonds. The molecule has 1 aromatic rings. The highest BCUT2D eigenvalue weighted by molar-refractivity contribution is 7.98. The second-order valence-corrected chi connectivity index (χ2v) is 6.96. The van der Waals surface area contributed by atoms with Crippen LogP contribution in [0, 0.1) is 0 Å². The molecular formula is C11H18N2O3S2. The number of nitrogens with one attached hydrogen (secondary N) is 1. The van der Waals surface area contributed by atoms with Gasteiger partial charge in [0.2, 0.25) is 10.0 Å². The summed E-state index contributed by atoms with van der Waals surface area (Å²) in [6.45, 7) is 1.55. The van der Waals surface area contributed by atoms with Crippen LogP contribution in [-0.2, 0) is 10.0 Å². The van der Waals surface area contributed by atoms with E-state index in [1.54, 1.807) is 19.1 Å². The summed E-state index contributed by atoms with van der Waals surface area (Å²) >= 11 is 1.45. The van der Waals surface area contributed by atoms with Gasteiger partial charge >= 0.3 is 0 Å². The number of anilines is 1. The lowest BCUT2D eigenvalue weighted by Crippen LogP contribution is -2.42. The van der Waals surface area contributed by atoms with E-state index in [9.17, 15) is 13.5 Å². The van der Waals surface area contributed by atoms with Gasteiger partial charge in [0.15, 0.2) is 0 Å². The molecular weight excluding hydrogens is 272 g/mol. The Morgan fingerprint density at radius 1 is 1.50 bits per heavy atom. The Hall–Kier alpha value is -0.760. The second-order valence-electron chi connectivity index (χ2n) is 4.33. The molecule has 7 heteroatoms. The minimum atomic E-state index is -3.63. The van der Waals surface area contributed by atoms with Crippen molar-refractivity contribution >= 4 is 27.5 Å². The largest absolute Gasteiger partial charge is 0.399 e. The van der Waals surface area contributed by atoms with Crippen molar-refractivity contribution < 1.29 is 13.5 Å². The third kappa shape index (κ3) is 4.49. The lowest BCUT2D eigenvalue weighted by molar-refractivity contribution is 0.0908. The van der Waals surface area contributed by atoms with Gasteiger partial charge in [-0.2, -0.15) is 11.8 Å². The molecule has 0 aliphatic heterocycles. The first-order chi connectivity index (χ1) is 8.27.